The van der Waals surface area contributed by atoms with Gasteiger partial charge in [-0.1, -0.05) is 6.07 Å². The van der Waals surface area contributed by atoms with Gasteiger partial charge in [-0.25, -0.2) is 9.59 Å². The van der Waals surface area contributed by atoms with Crippen molar-refractivity contribution in [3.05, 3.63) is 41.4 Å². The molecule has 1 aromatic carbocycles. The van der Waals surface area contributed by atoms with Gasteiger partial charge in [0.1, 0.15) is 11.6 Å². The molecule has 0 fully saturated rings. The normalized spacial score (nSPS) is 10.8. The van der Waals surface area contributed by atoms with Crippen LogP contribution < -0.4 is 5.32 Å². The maximum Gasteiger partial charge on any atom is 0.338 e. The summed E-state index contributed by atoms with van der Waals surface area (Å²) in [5, 5.41) is 42.5. The minimum absolute atomic E-state index is 0.00850. The molecule has 10 nitrogen and oxygen atoms in total. The molecule has 0 saturated carbocycles. The number of tetrazole rings is 1. The van der Waals surface area contributed by atoms with Crippen LogP contribution in [0.1, 0.15) is 26.5 Å². The number of carboxylic acids is 2. The van der Waals surface area contributed by atoms with Crippen LogP contribution in [-0.4, -0.2) is 42.8 Å². The lowest BCUT2D eigenvalue weighted by Gasteiger charge is -2.08. The van der Waals surface area contributed by atoms with Crippen LogP contribution in [0.5, 0.6) is 0 Å². The maximum atomic E-state index is 11.3. The number of allylic oxidation sites excluding steroid dienone is 1. The number of hydrogen-bond acceptors (Lipinski definition) is 7. The number of hydrogen-bond donors (Lipinski definition) is 4. The summed E-state index contributed by atoms with van der Waals surface area (Å²) < 4.78 is 0. The summed E-state index contributed by atoms with van der Waals surface area (Å²) in [6, 6.07) is 5.74. The molecule has 0 spiro atoms. The van der Waals surface area contributed by atoms with Gasteiger partial charge < -0.3 is 15.5 Å². The zero-order chi connectivity index (χ0) is 16.1. The summed E-state index contributed by atoms with van der Waals surface area (Å²) in [5.74, 6) is -2.77. The Bertz CT molecular complexity index is 790. The molecule has 0 atom stereocenters. The molecular formula is C12H8N6O4. The lowest BCUT2D eigenvalue weighted by Crippen LogP contribution is -2.11. The molecule has 0 aliphatic heterocycles. The highest BCUT2D eigenvalue weighted by Gasteiger charge is 2.19. The molecule has 2 rings (SSSR count). The van der Waals surface area contributed by atoms with Crippen LogP contribution in [-0.2, 0) is 0 Å². The average molecular weight is 300 g/mol. The molecule has 110 valence electrons. The van der Waals surface area contributed by atoms with Crippen molar-refractivity contribution in [3.8, 4) is 6.07 Å². The smallest absolute Gasteiger partial charge is 0.338 e. The third-order valence-electron chi connectivity index (χ3n) is 2.59. The van der Waals surface area contributed by atoms with Crippen LogP contribution in [0.15, 0.2) is 24.4 Å². The van der Waals surface area contributed by atoms with E-state index >= 15 is 0 Å². The Morgan fingerprint density at radius 3 is 2.64 bits per heavy atom. The molecule has 0 unspecified atom stereocenters. The number of rotatable bonds is 5. The molecule has 22 heavy (non-hydrogen) atoms. The van der Waals surface area contributed by atoms with Crippen LogP contribution in [0.25, 0.3) is 5.57 Å². The molecule has 0 aliphatic carbocycles. The second-order valence-electron chi connectivity index (χ2n) is 3.89. The number of benzene rings is 1. The summed E-state index contributed by atoms with van der Waals surface area (Å²) in [5.41, 5.74) is -0.782. The monoisotopic (exact) mass is 300 g/mol. The molecule has 1 aromatic heterocycles. The Balaban J connectivity index is 2.42. The predicted molar refractivity (Wildman–Crippen MR) is 71.8 cm³/mol. The van der Waals surface area contributed by atoms with Crippen LogP contribution in [0.2, 0.25) is 0 Å². The van der Waals surface area contributed by atoms with Gasteiger partial charge in [-0.05, 0) is 17.3 Å². The average Bonchev–Trinajstić information content (AvgIpc) is 3.01. The Labute approximate surface area is 122 Å². The summed E-state index contributed by atoms with van der Waals surface area (Å²) >= 11 is 0. The Morgan fingerprint density at radius 1 is 1.32 bits per heavy atom. The number of nitriles is 1. The SMILES string of the molecule is N#CC(=CNc1cccc(C(=O)O)c1C(=O)O)c1nn[nH]n1. The number of carboxylic acid groups (broad SMARTS) is 2. The van der Waals surface area contributed by atoms with Gasteiger partial charge in [0.2, 0.25) is 5.82 Å². The lowest BCUT2D eigenvalue weighted by molar-refractivity contribution is 0.0652. The van der Waals surface area contributed by atoms with E-state index in [1.54, 1.807) is 0 Å². The van der Waals surface area contributed by atoms with Gasteiger partial charge in [0.05, 0.1) is 16.8 Å². The van der Waals surface area contributed by atoms with Gasteiger partial charge in [0.15, 0.2) is 0 Å². The highest BCUT2D eigenvalue weighted by atomic mass is 16.4. The van der Waals surface area contributed by atoms with Crippen LogP contribution in [0, 0.1) is 11.3 Å². The number of carbonyl (C=O) groups is 2. The number of anilines is 1. The number of nitrogens with zero attached hydrogens (tertiary/aromatic N) is 4. The van der Waals surface area contributed by atoms with Crippen molar-refractivity contribution < 1.29 is 19.8 Å². The van der Waals surface area contributed by atoms with Gasteiger partial charge in [0, 0.05) is 6.20 Å². The largest absolute Gasteiger partial charge is 0.478 e. The number of H-pyrrole nitrogens is 1. The molecule has 0 bridgehead atoms. The predicted octanol–water partition coefficient (Wildman–Crippen LogP) is 0.573. The third-order valence-corrected chi connectivity index (χ3v) is 2.59. The first-order valence-electron chi connectivity index (χ1n) is 5.74. The number of aromatic nitrogens is 4. The summed E-state index contributed by atoms with van der Waals surface area (Å²) in [6.07, 6.45) is 1.16. The summed E-state index contributed by atoms with van der Waals surface area (Å²) in [6.45, 7) is 0. The van der Waals surface area contributed by atoms with Gasteiger partial charge in [0.25, 0.3) is 0 Å². The molecule has 0 amide bonds. The van der Waals surface area contributed by atoms with Crippen molar-refractivity contribution >= 4 is 23.2 Å². The first-order chi connectivity index (χ1) is 10.5. The van der Waals surface area contributed by atoms with Crippen molar-refractivity contribution in [1.29, 1.82) is 5.26 Å². The summed E-state index contributed by atoms with van der Waals surface area (Å²) in [4.78, 5) is 22.3. The molecule has 0 saturated heterocycles. The van der Waals surface area contributed by atoms with Gasteiger partial charge in [-0.15, -0.1) is 10.2 Å². The quantitative estimate of drug-likeness (QED) is 0.577. The lowest BCUT2D eigenvalue weighted by atomic mass is 10.1. The zero-order valence-electron chi connectivity index (χ0n) is 10.8. The first-order valence-corrected chi connectivity index (χ1v) is 5.74. The van der Waals surface area contributed by atoms with Crippen LogP contribution in [0.4, 0.5) is 5.69 Å². The molecular weight excluding hydrogens is 292 g/mol. The van der Waals surface area contributed by atoms with Crippen molar-refractivity contribution in [1.82, 2.24) is 20.6 Å². The number of aromatic carboxylic acids is 2. The van der Waals surface area contributed by atoms with E-state index in [0.717, 1.165) is 6.20 Å². The van der Waals surface area contributed by atoms with E-state index in [9.17, 15) is 14.7 Å². The third kappa shape index (κ3) is 2.88. The second-order valence-corrected chi connectivity index (χ2v) is 3.89. The standard InChI is InChI=1S/C12H8N6O4/c13-4-6(10-15-17-18-16-10)5-14-8-3-1-2-7(11(19)20)9(8)12(21)22/h1-3,5,14H,(H,19,20)(H,21,22)(H,15,16,17,18). The van der Waals surface area contributed by atoms with Crippen LogP contribution >= 0.6 is 0 Å². The fourth-order valence-corrected chi connectivity index (χ4v) is 1.65. The fourth-order valence-electron chi connectivity index (χ4n) is 1.65. The molecule has 2 aromatic rings. The van der Waals surface area contributed by atoms with Gasteiger partial charge in [-0.2, -0.15) is 10.5 Å². The van der Waals surface area contributed by atoms with E-state index in [4.69, 9.17) is 10.4 Å². The minimum Gasteiger partial charge on any atom is -0.478 e. The maximum absolute atomic E-state index is 11.3. The van der Waals surface area contributed by atoms with E-state index < -0.39 is 17.5 Å². The minimum atomic E-state index is -1.41. The van der Waals surface area contributed by atoms with Crippen molar-refractivity contribution in [2.75, 3.05) is 5.32 Å². The Morgan fingerprint density at radius 2 is 2.09 bits per heavy atom. The molecule has 1 heterocycles. The molecule has 10 heteroatoms. The highest BCUT2D eigenvalue weighted by molar-refractivity contribution is 6.06. The van der Waals surface area contributed by atoms with E-state index in [-0.39, 0.29) is 22.6 Å². The first kappa shape index (κ1) is 14.7. The van der Waals surface area contributed by atoms with Crippen molar-refractivity contribution in [2.24, 2.45) is 0 Å². The second kappa shape index (κ2) is 6.14. The van der Waals surface area contributed by atoms with Crippen molar-refractivity contribution in [3.63, 3.8) is 0 Å². The van der Waals surface area contributed by atoms with E-state index in [1.165, 1.54) is 18.2 Å². The van der Waals surface area contributed by atoms with E-state index in [1.807, 2.05) is 6.07 Å². The topological polar surface area (TPSA) is 165 Å². The Hall–Kier alpha value is -3.74. The molecule has 4 N–H and O–H groups in total. The van der Waals surface area contributed by atoms with Crippen molar-refractivity contribution in [2.45, 2.75) is 0 Å². The zero-order valence-corrected chi connectivity index (χ0v) is 10.8. The fraction of sp³-hybridized carbons (Fsp3) is 0. The molecule has 0 aliphatic rings. The highest BCUT2D eigenvalue weighted by Crippen LogP contribution is 2.21. The number of aromatic amines is 1. The molecule has 0 radical (unpaired) electrons. The van der Waals surface area contributed by atoms with Gasteiger partial charge >= 0.3 is 11.9 Å². The van der Waals surface area contributed by atoms with Crippen LogP contribution in [0.3, 0.4) is 0 Å². The van der Waals surface area contributed by atoms with E-state index in [2.05, 4.69) is 25.9 Å². The Kier molecular flexibility index (Phi) is 4.09. The van der Waals surface area contributed by atoms with E-state index in [0.29, 0.717) is 0 Å². The van der Waals surface area contributed by atoms with Gasteiger partial charge in [-0.3, -0.25) is 0 Å². The number of nitrogens with one attached hydrogen (secondary N) is 2. The summed E-state index contributed by atoms with van der Waals surface area (Å²) in [7, 11) is 0.